The van der Waals surface area contributed by atoms with Crippen molar-refractivity contribution in [1.29, 1.82) is 0 Å². The maximum absolute atomic E-state index is 6.04. The first-order chi connectivity index (χ1) is 10.3. The zero-order valence-corrected chi connectivity index (χ0v) is 13.5. The third kappa shape index (κ3) is 3.42. The molecule has 0 spiro atoms. The molecule has 1 aliphatic carbocycles. The maximum Gasteiger partial charge on any atom is 0.122 e. The Balaban J connectivity index is 1.70. The summed E-state index contributed by atoms with van der Waals surface area (Å²) in [6.45, 7) is 6.57. The summed E-state index contributed by atoms with van der Waals surface area (Å²) >= 11 is 0. The third-order valence-corrected chi connectivity index (χ3v) is 5.42. The van der Waals surface area contributed by atoms with Gasteiger partial charge in [-0.1, -0.05) is 44.9 Å². The summed E-state index contributed by atoms with van der Waals surface area (Å²) in [7, 11) is 0. The number of para-hydroxylation sites is 1. The summed E-state index contributed by atoms with van der Waals surface area (Å²) in [4.78, 5) is 0. The van der Waals surface area contributed by atoms with Crippen molar-refractivity contribution in [3.8, 4) is 5.75 Å². The van der Waals surface area contributed by atoms with E-state index in [1.807, 2.05) is 0 Å². The fraction of sp³-hybridized carbons (Fsp3) is 0.684. The number of ether oxygens (including phenoxy) is 1. The van der Waals surface area contributed by atoms with Crippen LogP contribution in [-0.4, -0.2) is 19.2 Å². The molecular weight excluding hydrogens is 258 g/mol. The van der Waals surface area contributed by atoms with Crippen LogP contribution in [0.15, 0.2) is 24.3 Å². The second-order valence-electron chi connectivity index (χ2n) is 6.99. The molecule has 0 amide bonds. The first-order valence-electron chi connectivity index (χ1n) is 8.72. The Bertz CT molecular complexity index is 451. The predicted octanol–water partition coefficient (Wildman–Crippen LogP) is 4.04. The second kappa shape index (κ2) is 6.83. The molecule has 1 heterocycles. The smallest absolute Gasteiger partial charge is 0.122 e. The summed E-state index contributed by atoms with van der Waals surface area (Å²) in [5.74, 6) is 3.48. The summed E-state index contributed by atoms with van der Waals surface area (Å²) in [5.41, 5.74) is 1.39. The second-order valence-corrected chi connectivity index (χ2v) is 6.99. The summed E-state index contributed by atoms with van der Waals surface area (Å²) < 4.78 is 6.04. The van der Waals surface area contributed by atoms with Gasteiger partial charge in [-0.15, -0.1) is 0 Å². The van der Waals surface area contributed by atoms with Crippen LogP contribution in [-0.2, 0) is 6.42 Å². The van der Waals surface area contributed by atoms with Crippen molar-refractivity contribution < 1.29 is 4.74 Å². The molecule has 2 aliphatic rings. The average molecular weight is 287 g/mol. The Morgan fingerprint density at radius 1 is 1.14 bits per heavy atom. The van der Waals surface area contributed by atoms with Crippen LogP contribution < -0.4 is 10.1 Å². The van der Waals surface area contributed by atoms with E-state index in [2.05, 4.69) is 43.4 Å². The lowest BCUT2D eigenvalue weighted by molar-refractivity contribution is 0.127. The molecule has 1 saturated carbocycles. The average Bonchev–Trinajstić information content (AvgIpc) is 2.53. The van der Waals surface area contributed by atoms with Crippen molar-refractivity contribution in [3.63, 3.8) is 0 Å². The molecule has 116 valence electrons. The van der Waals surface area contributed by atoms with Gasteiger partial charge in [0.1, 0.15) is 5.75 Å². The van der Waals surface area contributed by atoms with Gasteiger partial charge in [-0.3, -0.25) is 0 Å². The largest absolute Gasteiger partial charge is 0.493 e. The van der Waals surface area contributed by atoms with Gasteiger partial charge in [0.05, 0.1) is 6.61 Å². The van der Waals surface area contributed by atoms with E-state index in [9.17, 15) is 0 Å². The minimum absolute atomic E-state index is 0.621. The van der Waals surface area contributed by atoms with E-state index in [0.29, 0.717) is 12.0 Å². The lowest BCUT2D eigenvalue weighted by atomic mass is 9.74. The molecule has 2 heteroatoms. The first-order valence-corrected chi connectivity index (χ1v) is 8.72. The maximum atomic E-state index is 6.04. The molecule has 3 rings (SSSR count). The van der Waals surface area contributed by atoms with E-state index in [1.165, 1.54) is 37.7 Å². The third-order valence-electron chi connectivity index (χ3n) is 5.42. The standard InChI is InChI=1S/C19H29NO/c1-3-20-19(15-10-8-14(2)9-11-15)17-12-16-6-4-5-7-18(16)21-13-17/h4-7,14-15,17,19-20H,3,8-13H2,1-2H3. The van der Waals surface area contributed by atoms with Gasteiger partial charge in [0.25, 0.3) is 0 Å². The van der Waals surface area contributed by atoms with E-state index >= 15 is 0 Å². The van der Waals surface area contributed by atoms with Gasteiger partial charge in [0.2, 0.25) is 0 Å². The monoisotopic (exact) mass is 287 g/mol. The van der Waals surface area contributed by atoms with Gasteiger partial charge >= 0.3 is 0 Å². The van der Waals surface area contributed by atoms with Gasteiger partial charge in [-0.05, 0) is 49.3 Å². The van der Waals surface area contributed by atoms with Crippen molar-refractivity contribution in [2.75, 3.05) is 13.2 Å². The Morgan fingerprint density at radius 3 is 2.67 bits per heavy atom. The molecule has 0 saturated heterocycles. The molecule has 2 nitrogen and oxygen atoms in total. The van der Waals surface area contributed by atoms with Crippen LogP contribution in [0.4, 0.5) is 0 Å². The van der Waals surface area contributed by atoms with Crippen LogP contribution in [0.25, 0.3) is 0 Å². The number of hydrogen-bond acceptors (Lipinski definition) is 2. The van der Waals surface area contributed by atoms with Gasteiger partial charge in [0, 0.05) is 12.0 Å². The fourth-order valence-electron chi connectivity index (χ4n) is 4.18. The zero-order chi connectivity index (χ0) is 14.7. The number of rotatable bonds is 4. The summed E-state index contributed by atoms with van der Waals surface area (Å²) in [6, 6.07) is 9.16. The molecule has 1 aromatic rings. The topological polar surface area (TPSA) is 21.3 Å². The van der Waals surface area contributed by atoms with Crippen molar-refractivity contribution >= 4 is 0 Å². The molecule has 0 aromatic heterocycles. The Kier molecular flexibility index (Phi) is 4.84. The number of benzene rings is 1. The molecular formula is C19H29NO. The Labute approximate surface area is 129 Å². The van der Waals surface area contributed by atoms with Crippen molar-refractivity contribution in [2.45, 2.75) is 52.0 Å². The fourth-order valence-corrected chi connectivity index (χ4v) is 4.18. The molecule has 1 N–H and O–H groups in total. The van der Waals surface area contributed by atoms with Gasteiger partial charge in [0.15, 0.2) is 0 Å². The zero-order valence-electron chi connectivity index (χ0n) is 13.5. The molecule has 1 fully saturated rings. The van der Waals surface area contributed by atoms with Crippen LogP contribution >= 0.6 is 0 Å². The van der Waals surface area contributed by atoms with E-state index in [0.717, 1.165) is 30.7 Å². The number of hydrogen-bond donors (Lipinski definition) is 1. The molecule has 0 bridgehead atoms. The molecule has 2 unspecified atom stereocenters. The Hall–Kier alpha value is -1.02. The van der Waals surface area contributed by atoms with Crippen LogP contribution in [0, 0.1) is 17.8 Å². The molecule has 0 radical (unpaired) electrons. The van der Waals surface area contributed by atoms with Gasteiger partial charge < -0.3 is 10.1 Å². The van der Waals surface area contributed by atoms with Crippen LogP contribution in [0.5, 0.6) is 5.75 Å². The minimum atomic E-state index is 0.621. The highest BCUT2D eigenvalue weighted by Crippen LogP contribution is 2.36. The summed E-state index contributed by atoms with van der Waals surface area (Å²) in [5, 5.41) is 3.79. The van der Waals surface area contributed by atoms with Crippen LogP contribution in [0.2, 0.25) is 0 Å². The van der Waals surface area contributed by atoms with E-state index in [4.69, 9.17) is 4.74 Å². The van der Waals surface area contributed by atoms with E-state index in [-0.39, 0.29) is 0 Å². The van der Waals surface area contributed by atoms with Gasteiger partial charge in [-0.25, -0.2) is 0 Å². The highest BCUT2D eigenvalue weighted by molar-refractivity contribution is 5.35. The number of nitrogens with one attached hydrogen (secondary N) is 1. The molecule has 1 aliphatic heterocycles. The van der Waals surface area contributed by atoms with E-state index in [1.54, 1.807) is 0 Å². The lowest BCUT2D eigenvalue weighted by Gasteiger charge is -2.39. The van der Waals surface area contributed by atoms with Crippen LogP contribution in [0.3, 0.4) is 0 Å². The molecule has 2 atom stereocenters. The molecule has 21 heavy (non-hydrogen) atoms. The number of fused-ring (bicyclic) bond motifs is 1. The van der Waals surface area contributed by atoms with E-state index < -0.39 is 0 Å². The Morgan fingerprint density at radius 2 is 1.90 bits per heavy atom. The van der Waals surface area contributed by atoms with Crippen molar-refractivity contribution in [2.24, 2.45) is 17.8 Å². The lowest BCUT2D eigenvalue weighted by Crippen LogP contribution is -2.47. The first kappa shape index (κ1) is 14.9. The minimum Gasteiger partial charge on any atom is -0.493 e. The predicted molar refractivity (Wildman–Crippen MR) is 87.7 cm³/mol. The van der Waals surface area contributed by atoms with Gasteiger partial charge in [-0.2, -0.15) is 0 Å². The highest BCUT2D eigenvalue weighted by atomic mass is 16.5. The normalized spacial score (nSPS) is 30.3. The highest BCUT2D eigenvalue weighted by Gasteiger charge is 2.34. The quantitative estimate of drug-likeness (QED) is 0.902. The van der Waals surface area contributed by atoms with Crippen LogP contribution in [0.1, 0.15) is 45.1 Å². The summed E-state index contributed by atoms with van der Waals surface area (Å²) in [6.07, 6.45) is 6.74. The van der Waals surface area contributed by atoms with Crippen molar-refractivity contribution in [1.82, 2.24) is 5.32 Å². The molecule has 1 aromatic carbocycles. The SMILES string of the molecule is CCNC(C1CCC(C)CC1)C1COc2ccccc2C1. The van der Waals surface area contributed by atoms with Crippen molar-refractivity contribution in [3.05, 3.63) is 29.8 Å².